The second-order valence-electron chi connectivity index (χ2n) is 25.4. The van der Waals surface area contributed by atoms with E-state index >= 15 is 0 Å². The Morgan fingerprint density at radius 2 is 0.729 bits per heavy atom. The van der Waals surface area contributed by atoms with Gasteiger partial charge in [-0.05, 0) is 260 Å². The zero-order valence-corrected chi connectivity index (χ0v) is 48.8. The summed E-state index contributed by atoms with van der Waals surface area (Å²) in [4.78, 5) is 20.8. The summed E-state index contributed by atoms with van der Waals surface area (Å²) in [6, 6.07) is 2.87. The normalized spacial score (nSPS) is 26.4. The summed E-state index contributed by atoms with van der Waals surface area (Å²) in [7, 11) is 0. The first-order valence-corrected chi connectivity index (χ1v) is 30.8. The van der Waals surface area contributed by atoms with Gasteiger partial charge in [0.05, 0.1) is 24.9 Å². The molecule has 0 saturated carbocycles. The zero-order chi connectivity index (χ0) is 50.5. The van der Waals surface area contributed by atoms with E-state index in [0.29, 0.717) is 30.4 Å². The lowest BCUT2D eigenvalue weighted by Crippen LogP contribution is -2.48. The standard InChI is InChI=1S/C16H32N2O.C15H30N2O.C15H30N2.C14H28N2/c1-14(2)18-10-6-16(7-11-18)19-13-12-17-8-4-15(3)5-9-17;1-4-16-9-5-14(6-10-16)18-15-7-11-17(12-8-15)13(2)3;1-13(2)17-10-6-15(7-11-17)12-16-8-4-14(3)5-9-16;1-4-15-9-5-14(6-10-15)7-11-16(12-8-14)13(2)3/h14-16H,4-13H2,1-3H3;13-15H,4-12H2,1-3H3;13-15H,4-12H2,1-3H3;13H,4-12H2,1-3H3. The predicted octanol–water partition coefficient (Wildman–Crippen LogP) is 10.4. The summed E-state index contributed by atoms with van der Waals surface area (Å²) < 4.78 is 12.4. The highest BCUT2D eigenvalue weighted by Gasteiger charge is 2.37. The van der Waals surface area contributed by atoms with Gasteiger partial charge in [0.15, 0.2) is 0 Å². The van der Waals surface area contributed by atoms with Crippen molar-refractivity contribution in [2.45, 2.75) is 228 Å². The summed E-state index contributed by atoms with van der Waals surface area (Å²) in [6.45, 7) is 54.3. The molecule has 8 aliphatic rings. The largest absolute Gasteiger partial charge is 0.377 e. The molecule has 0 N–H and O–H groups in total. The molecule has 0 aromatic rings. The van der Waals surface area contributed by atoms with Gasteiger partial charge >= 0.3 is 0 Å². The topological polar surface area (TPSA) is 44.4 Å². The van der Waals surface area contributed by atoms with Crippen molar-refractivity contribution in [3.05, 3.63) is 0 Å². The lowest BCUT2D eigenvalue weighted by atomic mass is 9.71. The molecule has 10 nitrogen and oxygen atoms in total. The van der Waals surface area contributed by atoms with Gasteiger partial charge in [-0.25, -0.2) is 0 Å². The molecule has 8 fully saturated rings. The van der Waals surface area contributed by atoms with Crippen molar-refractivity contribution in [3.8, 4) is 0 Å². The summed E-state index contributed by atoms with van der Waals surface area (Å²) in [5.74, 6) is 2.87. The molecular formula is C60H120N8O2. The van der Waals surface area contributed by atoms with Gasteiger partial charge in [0.25, 0.3) is 0 Å². The maximum absolute atomic E-state index is 6.30. The van der Waals surface area contributed by atoms with Gasteiger partial charge in [-0.15, -0.1) is 0 Å². The third-order valence-electron chi connectivity index (χ3n) is 19.1. The van der Waals surface area contributed by atoms with Crippen molar-refractivity contribution >= 4 is 0 Å². The highest BCUT2D eigenvalue weighted by molar-refractivity contribution is 4.91. The third kappa shape index (κ3) is 21.7. The number of ether oxygens (including phenoxy) is 2. The molecule has 0 amide bonds. The Balaban J connectivity index is 0.000000174. The first-order valence-electron chi connectivity index (χ1n) is 30.8. The summed E-state index contributed by atoms with van der Waals surface area (Å²) in [6.07, 6.45) is 23.1. The molecule has 0 radical (unpaired) electrons. The third-order valence-corrected chi connectivity index (χ3v) is 19.1. The summed E-state index contributed by atoms with van der Waals surface area (Å²) in [5, 5.41) is 0. The van der Waals surface area contributed by atoms with Crippen LogP contribution in [0.3, 0.4) is 0 Å². The number of likely N-dealkylation sites (tertiary alicyclic amines) is 8. The lowest BCUT2D eigenvalue weighted by Gasteiger charge is -2.47. The molecule has 70 heavy (non-hydrogen) atoms. The quantitative estimate of drug-likeness (QED) is 0.168. The number of piperidine rings is 8. The fourth-order valence-corrected chi connectivity index (χ4v) is 13.0. The summed E-state index contributed by atoms with van der Waals surface area (Å²) in [5.41, 5.74) is 0.719. The Hall–Kier alpha value is -0.400. The molecule has 0 atom stereocenters. The van der Waals surface area contributed by atoms with Crippen LogP contribution in [0.1, 0.15) is 186 Å². The highest BCUT2D eigenvalue weighted by atomic mass is 16.5. The number of hydrogen-bond acceptors (Lipinski definition) is 10. The van der Waals surface area contributed by atoms with Crippen molar-refractivity contribution in [1.82, 2.24) is 39.2 Å². The molecule has 0 bridgehead atoms. The van der Waals surface area contributed by atoms with E-state index < -0.39 is 0 Å². The second-order valence-corrected chi connectivity index (χ2v) is 25.4. The van der Waals surface area contributed by atoms with Gasteiger partial charge in [0.2, 0.25) is 0 Å². The van der Waals surface area contributed by atoms with Crippen molar-refractivity contribution in [1.29, 1.82) is 0 Å². The molecule has 0 aliphatic carbocycles. The minimum absolute atomic E-state index is 0.513. The SMILES string of the molecule is CC1CCN(CC2CCN(C(C)C)CC2)CC1.CC1CCN(CCOC2CCN(C(C)C)CC2)CC1.CCN1CCC(OC2CCN(C(C)C)CC2)CC1.CCN1CCC2(CC1)CCN(C(C)C)CC2. The Morgan fingerprint density at radius 3 is 1.16 bits per heavy atom. The molecular weight excluding hydrogens is 865 g/mol. The molecule has 8 aliphatic heterocycles. The fraction of sp³-hybridized carbons (Fsp3) is 1.00. The molecule has 1 spiro atoms. The van der Waals surface area contributed by atoms with E-state index in [4.69, 9.17) is 9.47 Å². The molecule has 0 aromatic carbocycles. The van der Waals surface area contributed by atoms with E-state index in [1.807, 2.05) is 0 Å². The Morgan fingerprint density at radius 1 is 0.386 bits per heavy atom. The van der Waals surface area contributed by atoms with E-state index in [2.05, 4.69) is 122 Å². The minimum atomic E-state index is 0.513. The Kier molecular flexibility index (Phi) is 27.9. The van der Waals surface area contributed by atoms with Crippen LogP contribution < -0.4 is 0 Å². The van der Waals surface area contributed by atoms with E-state index in [1.165, 1.54) is 227 Å². The maximum Gasteiger partial charge on any atom is 0.0603 e. The smallest absolute Gasteiger partial charge is 0.0603 e. The van der Waals surface area contributed by atoms with Crippen LogP contribution in [0, 0.1) is 23.2 Å². The average molecular weight is 986 g/mol. The minimum Gasteiger partial charge on any atom is -0.377 e. The molecule has 8 heterocycles. The van der Waals surface area contributed by atoms with Crippen LogP contribution in [0.2, 0.25) is 0 Å². The maximum atomic E-state index is 6.30. The van der Waals surface area contributed by atoms with Crippen molar-refractivity contribution < 1.29 is 9.47 Å². The van der Waals surface area contributed by atoms with Crippen LogP contribution in [0.25, 0.3) is 0 Å². The summed E-state index contributed by atoms with van der Waals surface area (Å²) >= 11 is 0. The van der Waals surface area contributed by atoms with Gasteiger partial charge in [-0.3, -0.25) is 0 Å². The Bertz CT molecular complexity index is 1290. The van der Waals surface area contributed by atoms with Crippen LogP contribution in [0.15, 0.2) is 0 Å². The van der Waals surface area contributed by atoms with Crippen molar-refractivity contribution in [2.75, 3.05) is 138 Å². The molecule has 8 rings (SSSR count). The number of rotatable bonds is 14. The van der Waals surface area contributed by atoms with Crippen molar-refractivity contribution in [2.24, 2.45) is 23.2 Å². The number of hydrogen-bond donors (Lipinski definition) is 0. The predicted molar refractivity (Wildman–Crippen MR) is 300 cm³/mol. The first-order chi connectivity index (χ1) is 33.6. The van der Waals surface area contributed by atoms with Crippen LogP contribution in [-0.4, -0.2) is 219 Å². The van der Waals surface area contributed by atoms with Gasteiger partial charge in [-0.1, -0.05) is 27.7 Å². The monoisotopic (exact) mass is 985 g/mol. The van der Waals surface area contributed by atoms with E-state index in [1.54, 1.807) is 0 Å². The van der Waals surface area contributed by atoms with E-state index in [-0.39, 0.29) is 0 Å². The van der Waals surface area contributed by atoms with Crippen molar-refractivity contribution in [3.63, 3.8) is 0 Å². The molecule has 8 saturated heterocycles. The van der Waals surface area contributed by atoms with Gasteiger partial charge in [-0.2, -0.15) is 0 Å². The first kappa shape index (κ1) is 60.5. The van der Waals surface area contributed by atoms with Crippen LogP contribution in [0.5, 0.6) is 0 Å². The second kappa shape index (κ2) is 32.2. The van der Waals surface area contributed by atoms with Crippen LogP contribution in [-0.2, 0) is 9.47 Å². The molecule has 10 heteroatoms. The Labute approximate surface area is 436 Å². The number of nitrogens with zero attached hydrogens (tertiary/aromatic N) is 8. The van der Waals surface area contributed by atoms with Crippen LogP contribution in [0.4, 0.5) is 0 Å². The van der Waals surface area contributed by atoms with Gasteiger partial charge in [0.1, 0.15) is 0 Å². The van der Waals surface area contributed by atoms with Gasteiger partial charge < -0.3 is 48.7 Å². The lowest BCUT2D eigenvalue weighted by molar-refractivity contribution is -0.0670. The average Bonchev–Trinajstić information content (AvgIpc) is 3.37. The highest BCUT2D eigenvalue weighted by Crippen LogP contribution is 2.41. The molecule has 0 unspecified atom stereocenters. The zero-order valence-electron chi connectivity index (χ0n) is 48.8. The molecule has 0 aromatic heterocycles. The van der Waals surface area contributed by atoms with E-state index in [0.717, 1.165) is 48.4 Å². The molecule has 412 valence electrons. The fourth-order valence-electron chi connectivity index (χ4n) is 13.0. The van der Waals surface area contributed by atoms with Crippen LogP contribution >= 0.6 is 0 Å². The van der Waals surface area contributed by atoms with Gasteiger partial charge in [0, 0.05) is 76.5 Å². The van der Waals surface area contributed by atoms with E-state index in [9.17, 15) is 0 Å².